The largest absolute Gasteiger partial charge is 0.396 e. The van der Waals surface area contributed by atoms with Crippen LogP contribution in [0, 0.1) is 0 Å². The molecule has 0 fully saturated rings. The van der Waals surface area contributed by atoms with E-state index in [9.17, 15) is 4.79 Å². The van der Waals surface area contributed by atoms with Gasteiger partial charge >= 0.3 is 0 Å². The van der Waals surface area contributed by atoms with Crippen molar-refractivity contribution in [3.8, 4) is 0 Å². The molecule has 0 atom stereocenters. The number of carbonyl (C=O) groups is 1. The molecule has 8 heteroatoms. The average molecular weight is 294 g/mol. The zero-order chi connectivity index (χ0) is 13.4. The van der Waals surface area contributed by atoms with E-state index in [2.05, 4.69) is 20.5 Å². The van der Waals surface area contributed by atoms with Gasteiger partial charge in [0.05, 0.1) is 22.1 Å². The highest BCUT2D eigenvalue weighted by molar-refractivity contribution is 7.22. The van der Waals surface area contributed by atoms with Crippen LogP contribution in [0.3, 0.4) is 0 Å². The van der Waals surface area contributed by atoms with Crippen molar-refractivity contribution >= 4 is 49.9 Å². The molecule has 0 spiro atoms. The van der Waals surface area contributed by atoms with Gasteiger partial charge in [0, 0.05) is 5.02 Å². The first-order valence-corrected chi connectivity index (χ1v) is 6.49. The number of halogens is 1. The Labute approximate surface area is 116 Å². The van der Waals surface area contributed by atoms with Crippen molar-refractivity contribution in [2.24, 2.45) is 0 Å². The third-order valence-electron chi connectivity index (χ3n) is 2.47. The molecule has 4 N–H and O–H groups in total. The van der Waals surface area contributed by atoms with E-state index in [1.54, 1.807) is 18.2 Å². The van der Waals surface area contributed by atoms with Crippen LogP contribution in [0.1, 0.15) is 10.5 Å². The topological polar surface area (TPSA) is 96.7 Å². The standard InChI is InChI=1S/C11H8ClN5OS/c12-5-1-2-7-8(3-5)19-11(15-7)16-10(18)9-6(13)4-14-17-9/h1-4H,13H2,(H,14,17)(H,15,16,18). The monoisotopic (exact) mass is 293 g/mol. The zero-order valence-corrected chi connectivity index (χ0v) is 11.0. The molecule has 1 aromatic carbocycles. The van der Waals surface area contributed by atoms with E-state index in [1.165, 1.54) is 17.5 Å². The van der Waals surface area contributed by atoms with E-state index < -0.39 is 0 Å². The van der Waals surface area contributed by atoms with Crippen LogP contribution in [-0.4, -0.2) is 21.1 Å². The fourth-order valence-corrected chi connectivity index (χ4v) is 2.73. The van der Waals surface area contributed by atoms with Crippen molar-refractivity contribution in [3.05, 3.63) is 35.1 Å². The lowest BCUT2D eigenvalue weighted by atomic mass is 10.3. The number of carbonyl (C=O) groups excluding carboxylic acids is 1. The fraction of sp³-hybridized carbons (Fsp3) is 0. The molecule has 0 unspecified atom stereocenters. The fourth-order valence-electron chi connectivity index (χ4n) is 1.59. The van der Waals surface area contributed by atoms with Crippen molar-refractivity contribution in [1.82, 2.24) is 15.2 Å². The van der Waals surface area contributed by atoms with Gasteiger partial charge in [0.1, 0.15) is 5.69 Å². The zero-order valence-electron chi connectivity index (χ0n) is 9.48. The van der Waals surface area contributed by atoms with Gasteiger partial charge in [-0.05, 0) is 18.2 Å². The second-order valence-electron chi connectivity index (χ2n) is 3.79. The van der Waals surface area contributed by atoms with E-state index in [1.807, 2.05) is 0 Å². The van der Waals surface area contributed by atoms with Crippen molar-refractivity contribution in [2.75, 3.05) is 11.1 Å². The molecular weight excluding hydrogens is 286 g/mol. The number of H-pyrrole nitrogens is 1. The Hall–Kier alpha value is -2.12. The Kier molecular flexibility index (Phi) is 2.84. The van der Waals surface area contributed by atoms with Crippen molar-refractivity contribution in [3.63, 3.8) is 0 Å². The lowest BCUT2D eigenvalue weighted by Crippen LogP contribution is -2.13. The average Bonchev–Trinajstić information content (AvgIpc) is 2.94. The molecule has 19 heavy (non-hydrogen) atoms. The van der Waals surface area contributed by atoms with Crippen LogP contribution >= 0.6 is 22.9 Å². The number of hydrogen-bond donors (Lipinski definition) is 3. The molecular formula is C11H8ClN5OS. The van der Waals surface area contributed by atoms with Crippen LogP contribution in [-0.2, 0) is 0 Å². The van der Waals surface area contributed by atoms with Gasteiger partial charge in [-0.15, -0.1) is 0 Å². The van der Waals surface area contributed by atoms with E-state index >= 15 is 0 Å². The molecule has 0 radical (unpaired) electrons. The number of nitrogens with zero attached hydrogens (tertiary/aromatic N) is 2. The van der Waals surface area contributed by atoms with Crippen LogP contribution in [0.25, 0.3) is 10.2 Å². The van der Waals surface area contributed by atoms with E-state index in [4.69, 9.17) is 17.3 Å². The summed E-state index contributed by atoms with van der Waals surface area (Å²) in [5, 5.41) is 10.0. The summed E-state index contributed by atoms with van der Waals surface area (Å²) in [7, 11) is 0. The van der Waals surface area contributed by atoms with Gasteiger partial charge in [0.2, 0.25) is 0 Å². The van der Waals surface area contributed by atoms with Gasteiger partial charge in [-0.3, -0.25) is 15.2 Å². The molecule has 0 saturated heterocycles. The number of aromatic amines is 1. The lowest BCUT2D eigenvalue weighted by molar-refractivity contribution is 0.102. The molecule has 3 rings (SSSR count). The second-order valence-corrected chi connectivity index (χ2v) is 5.25. The van der Waals surface area contributed by atoms with Gasteiger partial charge in [0.25, 0.3) is 5.91 Å². The third-order valence-corrected chi connectivity index (χ3v) is 3.64. The maximum atomic E-state index is 11.9. The molecule has 0 aliphatic heterocycles. The summed E-state index contributed by atoms with van der Waals surface area (Å²) in [6, 6.07) is 5.35. The number of nitrogens with one attached hydrogen (secondary N) is 2. The van der Waals surface area contributed by atoms with Gasteiger partial charge < -0.3 is 5.73 Å². The van der Waals surface area contributed by atoms with Crippen LogP contribution < -0.4 is 11.1 Å². The van der Waals surface area contributed by atoms with Crippen molar-refractivity contribution in [1.29, 1.82) is 0 Å². The van der Waals surface area contributed by atoms with Crippen molar-refractivity contribution in [2.45, 2.75) is 0 Å². The number of hydrogen-bond acceptors (Lipinski definition) is 5. The number of benzene rings is 1. The summed E-state index contributed by atoms with van der Waals surface area (Å²) in [6.45, 7) is 0. The van der Waals surface area contributed by atoms with Crippen LogP contribution in [0.15, 0.2) is 24.4 Å². The summed E-state index contributed by atoms with van der Waals surface area (Å²) in [5.74, 6) is -0.375. The van der Waals surface area contributed by atoms with Gasteiger partial charge in [-0.2, -0.15) is 5.10 Å². The highest BCUT2D eigenvalue weighted by atomic mass is 35.5. The van der Waals surface area contributed by atoms with Crippen molar-refractivity contribution < 1.29 is 4.79 Å². The van der Waals surface area contributed by atoms with E-state index in [0.717, 1.165) is 10.2 Å². The third kappa shape index (κ3) is 2.25. The quantitative estimate of drug-likeness (QED) is 0.676. The molecule has 1 amide bonds. The summed E-state index contributed by atoms with van der Waals surface area (Å²) in [4.78, 5) is 16.2. The Morgan fingerprint density at radius 1 is 1.47 bits per heavy atom. The van der Waals surface area contributed by atoms with Crippen LogP contribution in [0.4, 0.5) is 10.8 Å². The highest BCUT2D eigenvalue weighted by Gasteiger charge is 2.14. The smallest absolute Gasteiger partial charge is 0.277 e. The highest BCUT2D eigenvalue weighted by Crippen LogP contribution is 2.28. The predicted octanol–water partition coefficient (Wildman–Crippen LogP) is 2.51. The molecule has 0 saturated carbocycles. The van der Waals surface area contributed by atoms with Gasteiger partial charge in [-0.25, -0.2) is 4.98 Å². The first-order chi connectivity index (χ1) is 9.13. The summed E-state index contributed by atoms with van der Waals surface area (Å²) in [6.07, 6.45) is 1.38. The van der Waals surface area contributed by atoms with Crippen LogP contribution in [0.2, 0.25) is 5.02 Å². The molecule has 6 nitrogen and oxygen atoms in total. The minimum absolute atomic E-state index is 0.220. The van der Waals surface area contributed by atoms with E-state index in [0.29, 0.717) is 15.8 Å². The maximum absolute atomic E-state index is 11.9. The molecule has 0 bridgehead atoms. The molecule has 0 aliphatic rings. The maximum Gasteiger partial charge on any atom is 0.277 e. The summed E-state index contributed by atoms with van der Waals surface area (Å²) < 4.78 is 0.903. The molecule has 2 aromatic heterocycles. The molecule has 2 heterocycles. The minimum atomic E-state index is -0.375. The first-order valence-electron chi connectivity index (χ1n) is 5.30. The number of rotatable bonds is 2. The summed E-state index contributed by atoms with van der Waals surface area (Å²) >= 11 is 7.24. The number of aromatic nitrogens is 3. The number of nitrogen functional groups attached to an aromatic ring is 1. The number of anilines is 2. The molecule has 3 aromatic rings. The van der Waals surface area contributed by atoms with Gasteiger partial charge in [0.15, 0.2) is 5.13 Å². The number of fused-ring (bicyclic) bond motifs is 1. The SMILES string of the molecule is Nc1cn[nH]c1C(=O)Nc1nc2ccc(Cl)cc2s1. The number of nitrogens with two attached hydrogens (primary N) is 1. The van der Waals surface area contributed by atoms with E-state index in [-0.39, 0.29) is 11.6 Å². The molecule has 0 aliphatic carbocycles. The molecule has 96 valence electrons. The number of amides is 1. The first kappa shape index (κ1) is 11.9. The Bertz CT molecular complexity index is 765. The Morgan fingerprint density at radius 3 is 3.05 bits per heavy atom. The van der Waals surface area contributed by atoms with Crippen LogP contribution in [0.5, 0.6) is 0 Å². The Balaban J connectivity index is 1.89. The Morgan fingerprint density at radius 2 is 2.32 bits per heavy atom. The minimum Gasteiger partial charge on any atom is -0.396 e. The number of thiazole rings is 1. The lowest BCUT2D eigenvalue weighted by Gasteiger charge is -1.98. The summed E-state index contributed by atoms with van der Waals surface area (Å²) in [5.41, 5.74) is 6.89. The predicted molar refractivity (Wildman–Crippen MR) is 75.6 cm³/mol. The normalized spacial score (nSPS) is 10.8. The van der Waals surface area contributed by atoms with Gasteiger partial charge in [-0.1, -0.05) is 22.9 Å². The second kappa shape index (κ2) is 4.52.